The molecule has 1 aliphatic heterocycles. The van der Waals surface area contributed by atoms with Gasteiger partial charge in [0.05, 0.1) is 13.2 Å². The minimum atomic E-state index is -0.130. The minimum absolute atomic E-state index is 0.00171. The lowest BCUT2D eigenvalue weighted by molar-refractivity contribution is -0.0441. The monoisotopic (exact) mass is 999 g/mol. The summed E-state index contributed by atoms with van der Waals surface area (Å²) in [5, 5.41) is 4.90. The molecule has 0 amide bonds. The summed E-state index contributed by atoms with van der Waals surface area (Å²) in [6.07, 6.45) is 43.7. The first kappa shape index (κ1) is 52.6. The van der Waals surface area contributed by atoms with Gasteiger partial charge in [-0.1, -0.05) is 249 Å². The third-order valence-corrected chi connectivity index (χ3v) is 27.9. The molecule has 70 heavy (non-hydrogen) atoms. The molecule has 0 unspecified atom stereocenters. The van der Waals surface area contributed by atoms with Crippen LogP contribution in [0.3, 0.4) is 0 Å². The maximum absolute atomic E-state index is 12.7. The molecule has 0 N–H and O–H groups in total. The van der Waals surface area contributed by atoms with Crippen molar-refractivity contribution in [1.29, 1.82) is 0 Å². The van der Waals surface area contributed by atoms with E-state index in [2.05, 4.69) is 78.9 Å². The van der Waals surface area contributed by atoms with Gasteiger partial charge in [0.1, 0.15) is 0 Å². The van der Waals surface area contributed by atoms with Crippen molar-refractivity contribution in [3.05, 3.63) is 126 Å². The molecule has 1 saturated heterocycles. The first-order valence-electron chi connectivity index (χ1n) is 29.1. The summed E-state index contributed by atoms with van der Waals surface area (Å²) in [6.45, 7) is 1.45. The van der Waals surface area contributed by atoms with Gasteiger partial charge in [-0.05, 0) is 127 Å². The first-order chi connectivity index (χ1) is 34.7. The van der Waals surface area contributed by atoms with E-state index in [1.165, 1.54) is 198 Å². The number of carbonyl (C=O) groups excluding carboxylic acids is 1. The van der Waals surface area contributed by atoms with Gasteiger partial charge in [-0.2, -0.15) is 0 Å². The van der Waals surface area contributed by atoms with Gasteiger partial charge >= 0.3 is 0 Å². The van der Waals surface area contributed by atoms with Crippen molar-refractivity contribution >= 4 is 45.5 Å². The van der Waals surface area contributed by atoms with E-state index >= 15 is 0 Å². The van der Waals surface area contributed by atoms with E-state index < -0.39 is 0 Å². The summed E-state index contributed by atoms with van der Waals surface area (Å²) in [5.74, 6) is 0.141. The zero-order valence-electron chi connectivity index (χ0n) is 43.1. The summed E-state index contributed by atoms with van der Waals surface area (Å²) in [6, 6.07) is 39.3. The Hall–Kier alpha value is -2.24. The Labute approximate surface area is 429 Å². The second-order valence-electron chi connectivity index (χ2n) is 22.2. The number of ketones is 1. The van der Waals surface area contributed by atoms with Crippen LogP contribution >= 0.6 is 23.8 Å². The smallest absolute Gasteiger partial charge is 0.193 e. The lowest BCUT2D eigenvalue weighted by Gasteiger charge is -2.38. The van der Waals surface area contributed by atoms with Crippen LogP contribution in [-0.4, -0.2) is 53.0 Å². The third kappa shape index (κ3) is 14.7. The summed E-state index contributed by atoms with van der Waals surface area (Å²) >= 11 is 0. The molecule has 0 aromatic heterocycles. The van der Waals surface area contributed by atoms with Crippen molar-refractivity contribution in [2.45, 2.75) is 233 Å². The molecule has 6 heteroatoms. The highest BCUT2D eigenvalue weighted by Crippen LogP contribution is 2.57. The Morgan fingerprint density at radius 3 is 0.914 bits per heavy atom. The van der Waals surface area contributed by atoms with Crippen molar-refractivity contribution in [2.75, 3.05) is 13.2 Å². The summed E-state index contributed by atoms with van der Waals surface area (Å²) < 4.78 is 11.3. The maximum atomic E-state index is 12.7. The van der Waals surface area contributed by atoms with Crippen molar-refractivity contribution < 1.29 is 14.3 Å². The molecule has 4 aromatic carbocycles. The van der Waals surface area contributed by atoms with Crippen molar-refractivity contribution in [1.82, 2.24) is 0 Å². The zero-order valence-corrected chi connectivity index (χ0v) is 45.8. The third-order valence-electron chi connectivity index (χ3n) is 17.4. The van der Waals surface area contributed by atoms with Gasteiger partial charge in [-0.3, -0.25) is 4.79 Å². The number of rotatable bonds is 12. The van der Waals surface area contributed by atoms with Gasteiger partial charge in [0.2, 0.25) is 0 Å². The average molecular weight is 999 g/mol. The van der Waals surface area contributed by atoms with Crippen LogP contribution in [0.1, 0.15) is 220 Å². The molecule has 11 rings (SSSR count). The lowest BCUT2D eigenvalue weighted by atomic mass is 9.99. The zero-order chi connectivity index (χ0) is 47.6. The minimum Gasteiger partial charge on any atom is -0.346 e. The van der Waals surface area contributed by atoms with Crippen LogP contribution in [0, 0.1) is 0 Å². The number of carbonyl (C=O) groups is 1. The molecule has 0 radical (unpaired) electrons. The SMILES string of the molecule is O=C(c1ccccc1)c1ccc(P(C2CCCCC2)C2CCCCC2)cc1.c1cc(P(C2CCCCC2)C2CCCCC2)ccc1C1OCCO1.c1ccc(P(C2CCCCC2)C2CCCCC2)cc1. The molecule has 0 spiro atoms. The fraction of sp³-hybridized carbons (Fsp3) is 0.609. The second-order valence-corrected chi connectivity index (χ2v) is 30.6. The Kier molecular flexibility index (Phi) is 21.4. The normalized spacial score (nSPS) is 22.1. The topological polar surface area (TPSA) is 35.5 Å². The maximum Gasteiger partial charge on any atom is 0.193 e. The molecule has 1 heterocycles. The van der Waals surface area contributed by atoms with Crippen LogP contribution in [0.15, 0.2) is 109 Å². The molecule has 0 atom stereocenters. The molecule has 3 nitrogen and oxygen atoms in total. The van der Waals surface area contributed by atoms with Crippen molar-refractivity contribution in [2.24, 2.45) is 0 Å². The van der Waals surface area contributed by atoms with Gasteiger partial charge in [0.25, 0.3) is 0 Å². The van der Waals surface area contributed by atoms with E-state index in [1.807, 2.05) is 30.3 Å². The van der Waals surface area contributed by atoms with Gasteiger partial charge < -0.3 is 9.47 Å². The summed E-state index contributed by atoms with van der Waals surface area (Å²) in [7, 11) is 0.0203. The predicted octanol–water partition coefficient (Wildman–Crippen LogP) is 17.7. The second kappa shape index (κ2) is 28.4. The Bertz CT molecular complexity index is 2000. The molecule has 378 valence electrons. The van der Waals surface area contributed by atoms with Crippen LogP contribution in [0.5, 0.6) is 0 Å². The van der Waals surface area contributed by atoms with Gasteiger partial charge in [0, 0.05) is 16.7 Å². The van der Waals surface area contributed by atoms with Crippen LogP contribution in [0.25, 0.3) is 0 Å². The number of ether oxygens (including phenoxy) is 2. The molecule has 0 bridgehead atoms. The highest BCUT2D eigenvalue weighted by atomic mass is 31.1. The molecule has 7 fully saturated rings. The largest absolute Gasteiger partial charge is 0.346 e. The number of hydrogen-bond acceptors (Lipinski definition) is 3. The van der Waals surface area contributed by atoms with Crippen LogP contribution in [-0.2, 0) is 9.47 Å². The molecule has 6 saturated carbocycles. The fourth-order valence-corrected chi connectivity index (χ4v) is 25.2. The summed E-state index contributed by atoms with van der Waals surface area (Å²) in [4.78, 5) is 12.7. The fourth-order valence-electron chi connectivity index (χ4n) is 13.8. The van der Waals surface area contributed by atoms with E-state index in [-0.39, 0.29) is 35.8 Å². The van der Waals surface area contributed by atoms with E-state index in [9.17, 15) is 4.79 Å². The van der Waals surface area contributed by atoms with Gasteiger partial charge in [-0.25, -0.2) is 0 Å². The Morgan fingerprint density at radius 1 is 0.314 bits per heavy atom. The van der Waals surface area contributed by atoms with E-state index in [4.69, 9.17) is 9.47 Å². The molecule has 6 aliphatic carbocycles. The van der Waals surface area contributed by atoms with E-state index in [1.54, 1.807) is 15.9 Å². The highest BCUT2D eigenvalue weighted by molar-refractivity contribution is 7.67. The predicted molar refractivity (Wildman–Crippen MR) is 305 cm³/mol. The summed E-state index contributed by atoms with van der Waals surface area (Å²) in [5.41, 5.74) is 8.64. The van der Waals surface area contributed by atoms with Crippen LogP contribution in [0.2, 0.25) is 0 Å². The van der Waals surface area contributed by atoms with Gasteiger partial charge in [-0.15, -0.1) is 0 Å². The number of hydrogen-bond donors (Lipinski definition) is 0. The first-order valence-corrected chi connectivity index (χ1v) is 33.6. The number of benzene rings is 4. The van der Waals surface area contributed by atoms with E-state index in [0.29, 0.717) is 0 Å². The molecular formula is C64H89O3P3. The van der Waals surface area contributed by atoms with Crippen molar-refractivity contribution in [3.8, 4) is 0 Å². The molecule has 4 aromatic rings. The lowest BCUT2D eigenvalue weighted by Crippen LogP contribution is -2.26. The van der Waals surface area contributed by atoms with Crippen molar-refractivity contribution in [3.63, 3.8) is 0 Å². The molecule has 7 aliphatic rings. The average Bonchev–Trinajstić information content (AvgIpc) is 4.00. The van der Waals surface area contributed by atoms with Crippen LogP contribution < -0.4 is 15.9 Å². The molecular weight excluding hydrogens is 910 g/mol. The highest BCUT2D eigenvalue weighted by Gasteiger charge is 2.35. The quantitative estimate of drug-likeness (QED) is 0.105. The Balaban J connectivity index is 0.000000132. The van der Waals surface area contributed by atoms with Gasteiger partial charge in [0.15, 0.2) is 12.1 Å². The Morgan fingerprint density at radius 2 is 0.586 bits per heavy atom. The van der Waals surface area contributed by atoms with E-state index in [0.717, 1.165) is 58.3 Å². The standard InChI is InChI=1S/C25H31OP.C21H31O2P.C18H27P/c26-25(20-10-4-1-5-11-20)21-16-18-24(19-17-21)27(22-12-6-2-7-13-22)23-14-8-3-9-15-23;1-3-7-18(8-4-1)24(19-9-5-2-6-10-19)20-13-11-17(12-14-20)21-22-15-16-23-21;1-4-10-16(11-5-1)19(17-12-6-2-7-13-17)18-14-8-3-9-15-18/h1,4-5,10-11,16-19,22-23H,2-3,6-9,12-15H2;11-14,18-19,21H,1-10,15-16H2;1,4-5,10-11,17-18H,2-3,6-9,12-15H2. The van der Waals surface area contributed by atoms with Crippen LogP contribution in [0.4, 0.5) is 0 Å².